The van der Waals surface area contributed by atoms with Crippen LogP contribution in [-0.4, -0.2) is 33.5 Å². The van der Waals surface area contributed by atoms with Gasteiger partial charge in [0.1, 0.15) is 4.21 Å². The van der Waals surface area contributed by atoms with Gasteiger partial charge in [-0.2, -0.15) is 0 Å². The van der Waals surface area contributed by atoms with Crippen molar-refractivity contribution in [2.45, 2.75) is 18.8 Å². The summed E-state index contributed by atoms with van der Waals surface area (Å²) in [5.74, 6) is 0. The van der Waals surface area contributed by atoms with Gasteiger partial charge in [-0.05, 0) is 0 Å². The van der Waals surface area contributed by atoms with Crippen molar-refractivity contribution in [3.05, 3.63) is 12.2 Å². The van der Waals surface area contributed by atoms with Gasteiger partial charge in [-0.25, -0.2) is 8.42 Å². The standard InChI is InChI=1S/C7H7ClO2S3/c1-13(9,10)6-3-2-4-5(11-4)7(6,8)12-6/h2-5H,1H3. The Morgan fingerprint density at radius 1 is 1.54 bits per heavy atom. The minimum Gasteiger partial charge on any atom is -0.227 e. The molecule has 13 heavy (non-hydrogen) atoms. The molecule has 6 heteroatoms. The smallest absolute Gasteiger partial charge is 0.168 e. The Hall–Kier alpha value is 0.680. The van der Waals surface area contributed by atoms with E-state index in [4.69, 9.17) is 11.6 Å². The third kappa shape index (κ3) is 0.874. The molecular weight excluding hydrogens is 248 g/mol. The molecule has 2 saturated heterocycles. The van der Waals surface area contributed by atoms with Gasteiger partial charge < -0.3 is 0 Å². The molecule has 0 aromatic heterocycles. The Morgan fingerprint density at radius 2 is 2.23 bits per heavy atom. The molecule has 2 nitrogen and oxygen atoms in total. The van der Waals surface area contributed by atoms with Crippen LogP contribution in [0, 0.1) is 0 Å². The molecule has 0 spiro atoms. The molecule has 4 unspecified atom stereocenters. The van der Waals surface area contributed by atoms with Crippen molar-refractivity contribution < 1.29 is 8.42 Å². The Labute approximate surface area is 90.4 Å². The molecule has 72 valence electrons. The number of sulfone groups is 1. The molecule has 0 saturated carbocycles. The van der Waals surface area contributed by atoms with E-state index in [9.17, 15) is 8.42 Å². The first-order valence-electron chi connectivity index (χ1n) is 3.84. The summed E-state index contributed by atoms with van der Waals surface area (Å²) in [6.07, 6.45) is 5.03. The molecule has 0 bridgehead atoms. The second-order valence-corrected chi connectivity index (χ2v) is 9.65. The average Bonchev–Trinajstić information content (AvgIpc) is 2.72. The first-order valence-corrected chi connectivity index (χ1v) is 7.87. The minimum absolute atomic E-state index is 0.305. The lowest BCUT2D eigenvalue weighted by Gasteiger charge is -2.15. The second kappa shape index (κ2) is 2.10. The molecule has 4 atom stereocenters. The number of hydrogen-bond donors (Lipinski definition) is 0. The fourth-order valence-electron chi connectivity index (χ4n) is 1.84. The molecule has 0 aromatic rings. The number of fused-ring (bicyclic) bond motifs is 3. The zero-order valence-electron chi connectivity index (χ0n) is 6.73. The topological polar surface area (TPSA) is 34.1 Å². The van der Waals surface area contributed by atoms with Gasteiger partial charge in [0.05, 0.1) is 5.25 Å². The van der Waals surface area contributed by atoms with Crippen molar-refractivity contribution >= 4 is 45.0 Å². The fraction of sp³-hybridized carbons (Fsp3) is 0.714. The molecule has 2 aliphatic heterocycles. The van der Waals surface area contributed by atoms with E-state index in [0.717, 1.165) is 0 Å². The van der Waals surface area contributed by atoms with Crippen molar-refractivity contribution in [3.8, 4) is 0 Å². The van der Waals surface area contributed by atoms with E-state index in [-0.39, 0.29) is 0 Å². The van der Waals surface area contributed by atoms with Crippen LogP contribution < -0.4 is 0 Å². The van der Waals surface area contributed by atoms with Crippen molar-refractivity contribution in [2.75, 3.05) is 6.26 Å². The molecule has 0 radical (unpaired) electrons. The van der Waals surface area contributed by atoms with Crippen LogP contribution in [-0.2, 0) is 9.84 Å². The van der Waals surface area contributed by atoms with E-state index >= 15 is 0 Å². The lowest BCUT2D eigenvalue weighted by atomic mass is 10.1. The van der Waals surface area contributed by atoms with E-state index < -0.39 is 18.1 Å². The minimum atomic E-state index is -3.09. The van der Waals surface area contributed by atoms with Crippen molar-refractivity contribution in [2.24, 2.45) is 0 Å². The Bertz CT molecular complexity index is 417. The van der Waals surface area contributed by atoms with Gasteiger partial charge in [0.2, 0.25) is 0 Å². The summed E-state index contributed by atoms with van der Waals surface area (Å²) in [5, 5.41) is 0.765. The largest absolute Gasteiger partial charge is 0.227 e. The summed E-state index contributed by atoms with van der Waals surface area (Å²) in [6, 6.07) is 0. The van der Waals surface area contributed by atoms with Gasteiger partial charge in [-0.1, -0.05) is 12.2 Å². The van der Waals surface area contributed by atoms with E-state index in [1.54, 1.807) is 17.8 Å². The van der Waals surface area contributed by atoms with Gasteiger partial charge >= 0.3 is 0 Å². The van der Waals surface area contributed by atoms with Crippen LogP contribution in [0.25, 0.3) is 0 Å². The second-order valence-electron chi connectivity index (χ2n) is 3.57. The van der Waals surface area contributed by atoms with E-state index in [1.165, 1.54) is 18.0 Å². The van der Waals surface area contributed by atoms with Crippen LogP contribution in [0.5, 0.6) is 0 Å². The lowest BCUT2D eigenvalue weighted by molar-refractivity contribution is 0.589. The monoisotopic (exact) mass is 254 g/mol. The number of rotatable bonds is 1. The molecule has 0 aromatic carbocycles. The molecule has 2 fully saturated rings. The molecule has 3 rings (SSSR count). The molecular formula is C7H7ClO2S3. The Kier molecular flexibility index (Phi) is 1.45. The van der Waals surface area contributed by atoms with E-state index in [0.29, 0.717) is 10.5 Å². The maximum absolute atomic E-state index is 11.6. The molecule has 0 amide bonds. The van der Waals surface area contributed by atoms with Gasteiger partial charge in [0.15, 0.2) is 13.9 Å². The number of thioether (sulfide) groups is 2. The zero-order chi connectivity index (χ0) is 9.48. The Balaban J connectivity index is 2.15. The highest BCUT2D eigenvalue weighted by atomic mass is 35.5. The fourth-order valence-corrected chi connectivity index (χ4v) is 8.22. The first kappa shape index (κ1) is 8.95. The number of hydrogen-bond acceptors (Lipinski definition) is 4. The first-order chi connectivity index (χ1) is 5.91. The molecule has 1 aliphatic carbocycles. The maximum atomic E-state index is 11.6. The number of halogens is 1. The predicted octanol–water partition coefficient (Wildman–Crippen LogP) is 1.46. The van der Waals surface area contributed by atoms with Crippen LogP contribution in [0.4, 0.5) is 0 Å². The van der Waals surface area contributed by atoms with Crippen molar-refractivity contribution in [3.63, 3.8) is 0 Å². The third-order valence-corrected chi connectivity index (χ3v) is 9.60. The molecule has 0 N–H and O–H groups in total. The number of alkyl halides is 1. The highest BCUT2D eigenvalue weighted by Crippen LogP contribution is 2.80. The predicted molar refractivity (Wildman–Crippen MR) is 58.1 cm³/mol. The molecule has 2 heterocycles. The quantitative estimate of drug-likeness (QED) is 0.403. The van der Waals surface area contributed by atoms with Crippen LogP contribution >= 0.6 is 35.1 Å². The summed E-state index contributed by atoms with van der Waals surface area (Å²) < 4.78 is 21.7. The average molecular weight is 255 g/mol. The van der Waals surface area contributed by atoms with Gasteiger partial charge in [-0.3, -0.25) is 0 Å². The third-order valence-electron chi connectivity index (χ3n) is 2.68. The van der Waals surface area contributed by atoms with E-state index in [2.05, 4.69) is 0 Å². The highest BCUT2D eigenvalue weighted by Gasteiger charge is 2.82. The van der Waals surface area contributed by atoms with E-state index in [1.807, 2.05) is 6.08 Å². The van der Waals surface area contributed by atoms with Crippen LogP contribution in [0.15, 0.2) is 12.2 Å². The molecule has 3 aliphatic rings. The Morgan fingerprint density at radius 3 is 2.85 bits per heavy atom. The van der Waals surface area contributed by atoms with Crippen molar-refractivity contribution in [1.29, 1.82) is 0 Å². The maximum Gasteiger partial charge on any atom is 0.168 e. The van der Waals surface area contributed by atoms with Crippen LogP contribution in [0.3, 0.4) is 0 Å². The van der Waals surface area contributed by atoms with Gasteiger partial charge in [0, 0.05) is 11.5 Å². The highest BCUT2D eigenvalue weighted by molar-refractivity contribution is 8.25. The normalized spacial score (nSPS) is 56.8. The summed E-state index contributed by atoms with van der Waals surface area (Å²) in [5.41, 5.74) is 0. The SMILES string of the molecule is CS(=O)(=O)C12C=CC3SC3C1(Cl)S2. The van der Waals surface area contributed by atoms with Gasteiger partial charge in [-0.15, -0.1) is 35.1 Å². The zero-order valence-corrected chi connectivity index (χ0v) is 9.93. The summed E-state index contributed by atoms with van der Waals surface area (Å²) >= 11 is 9.43. The summed E-state index contributed by atoms with van der Waals surface area (Å²) in [7, 11) is -3.09. The van der Waals surface area contributed by atoms with Crippen LogP contribution in [0.1, 0.15) is 0 Å². The lowest BCUT2D eigenvalue weighted by Crippen LogP contribution is -2.34. The van der Waals surface area contributed by atoms with Gasteiger partial charge in [0.25, 0.3) is 0 Å². The summed E-state index contributed by atoms with van der Waals surface area (Å²) in [4.78, 5) is 0. The summed E-state index contributed by atoms with van der Waals surface area (Å²) in [6.45, 7) is 0. The van der Waals surface area contributed by atoms with Crippen molar-refractivity contribution in [1.82, 2.24) is 0 Å². The van der Waals surface area contributed by atoms with Crippen LogP contribution in [0.2, 0.25) is 0 Å².